The second-order valence-corrected chi connectivity index (χ2v) is 8.86. The van der Waals surface area contributed by atoms with Crippen molar-refractivity contribution in [2.45, 2.75) is 37.7 Å². The molecule has 0 aliphatic carbocycles. The van der Waals surface area contributed by atoms with Crippen molar-refractivity contribution in [2.75, 3.05) is 26.3 Å². The third kappa shape index (κ3) is 3.90. The molecule has 4 rings (SSSR count). The van der Waals surface area contributed by atoms with Crippen LogP contribution in [-0.2, 0) is 10.0 Å². The molecule has 2 aliphatic heterocycles. The topological polar surface area (TPSA) is 90.9 Å². The Kier molecular flexibility index (Phi) is 5.11. The van der Waals surface area contributed by atoms with Gasteiger partial charge in [-0.25, -0.2) is 13.4 Å². The van der Waals surface area contributed by atoms with Crippen LogP contribution in [0.25, 0.3) is 0 Å². The molecular weight excluding hydrogens is 382 g/mol. The molecule has 0 bridgehead atoms. The van der Waals surface area contributed by atoms with Crippen LogP contribution in [0.2, 0.25) is 0 Å². The molecule has 2 aromatic rings. The van der Waals surface area contributed by atoms with E-state index in [0.29, 0.717) is 62.3 Å². The molecule has 9 heteroatoms. The van der Waals surface area contributed by atoms with E-state index < -0.39 is 10.0 Å². The van der Waals surface area contributed by atoms with Crippen LogP contribution in [0.3, 0.4) is 0 Å². The molecule has 1 saturated heterocycles. The fraction of sp³-hybridized carbons (Fsp3) is 0.474. The van der Waals surface area contributed by atoms with Gasteiger partial charge in [0.1, 0.15) is 25.1 Å². The number of piperidine rings is 1. The van der Waals surface area contributed by atoms with E-state index in [1.807, 2.05) is 13.8 Å². The highest BCUT2D eigenvalue weighted by molar-refractivity contribution is 7.89. The van der Waals surface area contributed by atoms with Gasteiger partial charge in [0.05, 0.1) is 4.90 Å². The Morgan fingerprint density at radius 2 is 1.75 bits per heavy atom. The van der Waals surface area contributed by atoms with Crippen LogP contribution >= 0.6 is 0 Å². The molecule has 150 valence electrons. The van der Waals surface area contributed by atoms with Gasteiger partial charge in [0.15, 0.2) is 11.5 Å². The summed E-state index contributed by atoms with van der Waals surface area (Å²) >= 11 is 0. The molecule has 8 nitrogen and oxygen atoms in total. The number of fused-ring (bicyclic) bond motifs is 1. The maximum Gasteiger partial charge on any atom is 0.243 e. The summed E-state index contributed by atoms with van der Waals surface area (Å²) < 4.78 is 44.4. The summed E-state index contributed by atoms with van der Waals surface area (Å²) in [5.41, 5.74) is 0.848. The molecule has 0 amide bonds. The fourth-order valence-electron chi connectivity index (χ4n) is 3.44. The highest BCUT2D eigenvalue weighted by Gasteiger charge is 2.31. The van der Waals surface area contributed by atoms with Gasteiger partial charge in [-0.3, -0.25) is 0 Å². The number of sulfonamides is 1. The first-order chi connectivity index (χ1) is 13.4. The number of rotatable bonds is 4. The fourth-order valence-corrected chi connectivity index (χ4v) is 4.92. The van der Waals surface area contributed by atoms with Gasteiger partial charge in [-0.1, -0.05) is 0 Å². The quantitative estimate of drug-likeness (QED) is 0.769. The Hall–Kier alpha value is -2.39. The number of aryl methyl sites for hydroxylation is 2. The van der Waals surface area contributed by atoms with E-state index in [1.54, 1.807) is 24.3 Å². The number of aromatic nitrogens is 2. The zero-order valence-electron chi connectivity index (χ0n) is 15.9. The summed E-state index contributed by atoms with van der Waals surface area (Å²) in [6, 6.07) is 6.55. The molecule has 1 aromatic carbocycles. The normalized spacial score (nSPS) is 18.1. The molecule has 0 unspecified atom stereocenters. The zero-order valence-corrected chi connectivity index (χ0v) is 16.7. The maximum atomic E-state index is 13.0. The molecular formula is C19H23N3O5S. The Labute approximate surface area is 164 Å². The summed E-state index contributed by atoms with van der Waals surface area (Å²) in [7, 11) is -3.59. The van der Waals surface area contributed by atoms with E-state index in [2.05, 4.69) is 9.97 Å². The minimum absolute atomic E-state index is 0.0691. The Morgan fingerprint density at radius 3 is 2.46 bits per heavy atom. The van der Waals surface area contributed by atoms with Crippen molar-refractivity contribution >= 4 is 10.0 Å². The van der Waals surface area contributed by atoms with Gasteiger partial charge in [-0.15, -0.1) is 0 Å². The zero-order chi connectivity index (χ0) is 19.7. The third-order valence-corrected chi connectivity index (χ3v) is 6.68. The van der Waals surface area contributed by atoms with E-state index in [0.717, 1.165) is 5.69 Å². The molecule has 2 aliphatic rings. The first kappa shape index (κ1) is 18.9. The largest absolute Gasteiger partial charge is 0.486 e. The van der Waals surface area contributed by atoms with Gasteiger partial charge < -0.3 is 14.2 Å². The average Bonchev–Trinajstić information content (AvgIpc) is 2.67. The summed E-state index contributed by atoms with van der Waals surface area (Å²) in [5.74, 6) is 2.25. The van der Waals surface area contributed by atoms with Crippen molar-refractivity contribution < 1.29 is 22.6 Å². The molecule has 1 fully saturated rings. The van der Waals surface area contributed by atoms with Gasteiger partial charge in [-0.2, -0.15) is 9.29 Å². The van der Waals surface area contributed by atoms with Crippen LogP contribution in [0.4, 0.5) is 0 Å². The van der Waals surface area contributed by atoms with Gasteiger partial charge in [0, 0.05) is 30.9 Å². The standard InChI is InChI=1S/C19H23N3O5S/c1-13-11-19(21-14(2)20-13)27-15-5-7-22(8-6-15)28(23,24)16-3-4-17-18(12-16)26-10-9-25-17/h3-4,11-12,15H,5-10H2,1-2H3. The summed E-state index contributed by atoms with van der Waals surface area (Å²) in [5, 5.41) is 0. The monoisotopic (exact) mass is 405 g/mol. The van der Waals surface area contributed by atoms with Crippen molar-refractivity contribution in [1.29, 1.82) is 0 Å². The maximum absolute atomic E-state index is 13.0. The van der Waals surface area contributed by atoms with E-state index >= 15 is 0 Å². The molecule has 0 N–H and O–H groups in total. The Balaban J connectivity index is 1.42. The lowest BCUT2D eigenvalue weighted by molar-refractivity contribution is 0.129. The second-order valence-electron chi connectivity index (χ2n) is 6.92. The number of ether oxygens (including phenoxy) is 3. The molecule has 0 saturated carbocycles. The highest BCUT2D eigenvalue weighted by Crippen LogP contribution is 2.33. The van der Waals surface area contributed by atoms with Gasteiger partial charge >= 0.3 is 0 Å². The number of benzene rings is 1. The summed E-state index contributed by atoms with van der Waals surface area (Å²) in [6.07, 6.45) is 1.14. The van der Waals surface area contributed by atoms with Crippen LogP contribution in [0.5, 0.6) is 17.4 Å². The lowest BCUT2D eigenvalue weighted by Crippen LogP contribution is -2.41. The third-order valence-electron chi connectivity index (χ3n) is 4.78. The number of hydrogen-bond donors (Lipinski definition) is 0. The summed E-state index contributed by atoms with van der Waals surface area (Å²) in [6.45, 7) is 5.39. The van der Waals surface area contributed by atoms with E-state index in [4.69, 9.17) is 14.2 Å². The van der Waals surface area contributed by atoms with Crippen LogP contribution in [0, 0.1) is 13.8 Å². The van der Waals surface area contributed by atoms with Gasteiger partial charge in [-0.05, 0) is 38.8 Å². The van der Waals surface area contributed by atoms with E-state index in [-0.39, 0.29) is 11.0 Å². The first-order valence-corrected chi connectivity index (χ1v) is 10.7. The molecule has 0 radical (unpaired) electrons. The molecule has 0 spiro atoms. The number of nitrogens with zero attached hydrogens (tertiary/aromatic N) is 3. The van der Waals surface area contributed by atoms with Crippen molar-refractivity contribution in [1.82, 2.24) is 14.3 Å². The molecule has 1 aromatic heterocycles. The van der Waals surface area contributed by atoms with Crippen LogP contribution < -0.4 is 14.2 Å². The van der Waals surface area contributed by atoms with Gasteiger partial charge in [0.25, 0.3) is 0 Å². The lowest BCUT2D eigenvalue weighted by atomic mass is 10.1. The Bertz CT molecular complexity index is 951. The van der Waals surface area contributed by atoms with Crippen LogP contribution in [-0.4, -0.2) is 55.1 Å². The van der Waals surface area contributed by atoms with Crippen molar-refractivity contribution in [3.63, 3.8) is 0 Å². The van der Waals surface area contributed by atoms with E-state index in [1.165, 1.54) is 4.31 Å². The van der Waals surface area contributed by atoms with E-state index in [9.17, 15) is 8.42 Å². The lowest BCUT2D eigenvalue weighted by Gasteiger charge is -2.31. The average molecular weight is 405 g/mol. The van der Waals surface area contributed by atoms with Crippen LogP contribution in [0.1, 0.15) is 24.4 Å². The minimum Gasteiger partial charge on any atom is -0.486 e. The van der Waals surface area contributed by atoms with Crippen LogP contribution in [0.15, 0.2) is 29.2 Å². The highest BCUT2D eigenvalue weighted by atomic mass is 32.2. The minimum atomic E-state index is -3.59. The first-order valence-electron chi connectivity index (χ1n) is 9.30. The van der Waals surface area contributed by atoms with Crippen molar-refractivity contribution in [3.8, 4) is 17.4 Å². The molecule has 3 heterocycles. The van der Waals surface area contributed by atoms with Crippen molar-refractivity contribution in [2.24, 2.45) is 0 Å². The predicted octanol–water partition coefficient (Wildman–Crippen LogP) is 2.10. The predicted molar refractivity (Wildman–Crippen MR) is 101 cm³/mol. The Morgan fingerprint density at radius 1 is 1.04 bits per heavy atom. The second kappa shape index (κ2) is 7.56. The summed E-state index contributed by atoms with van der Waals surface area (Å²) in [4.78, 5) is 8.75. The molecule has 28 heavy (non-hydrogen) atoms. The number of hydrogen-bond acceptors (Lipinski definition) is 7. The van der Waals surface area contributed by atoms with Gasteiger partial charge in [0.2, 0.25) is 15.9 Å². The molecule has 0 atom stereocenters. The SMILES string of the molecule is Cc1cc(OC2CCN(S(=O)(=O)c3ccc4c(c3)OCCO4)CC2)nc(C)n1. The smallest absolute Gasteiger partial charge is 0.243 e. The van der Waals surface area contributed by atoms with Crippen molar-refractivity contribution in [3.05, 3.63) is 35.8 Å².